The van der Waals surface area contributed by atoms with E-state index in [0.29, 0.717) is 31.5 Å². The lowest BCUT2D eigenvalue weighted by Gasteiger charge is -2.30. The number of nitrogens with one attached hydrogen (secondary N) is 2. The summed E-state index contributed by atoms with van der Waals surface area (Å²) < 4.78 is 66.3. The van der Waals surface area contributed by atoms with Gasteiger partial charge in [-0.1, -0.05) is 17.7 Å². The average molecular weight is 491 g/mol. The Labute approximate surface area is 189 Å². The van der Waals surface area contributed by atoms with E-state index in [1.54, 1.807) is 12.1 Å². The molecule has 0 spiro atoms. The van der Waals surface area contributed by atoms with Crippen LogP contribution >= 0.6 is 11.6 Å². The molecule has 3 aromatic heterocycles. The summed E-state index contributed by atoms with van der Waals surface area (Å²) in [6, 6.07) is 4.67. The van der Waals surface area contributed by atoms with Gasteiger partial charge in [-0.2, -0.15) is 18.3 Å². The summed E-state index contributed by atoms with van der Waals surface area (Å²) in [6.45, 7) is -0.655. The molecule has 3 aromatic rings. The second-order valence-corrected chi connectivity index (χ2v) is 8.23. The number of carbonyl (C=O) groups excluding carboxylic acids is 1. The van der Waals surface area contributed by atoms with Crippen LogP contribution in [0.4, 0.5) is 27.8 Å². The third-order valence-electron chi connectivity index (χ3n) is 5.48. The normalized spacial score (nSPS) is 19.2. The smallest absolute Gasteiger partial charge is 0.368 e. The number of halogens is 6. The van der Waals surface area contributed by atoms with Gasteiger partial charge in [0.15, 0.2) is 10.8 Å². The molecule has 2 N–H and O–H groups in total. The summed E-state index contributed by atoms with van der Waals surface area (Å²) in [5.74, 6) is 0.0148. The van der Waals surface area contributed by atoms with Crippen molar-refractivity contribution in [3.05, 3.63) is 47.0 Å². The van der Waals surface area contributed by atoms with Crippen molar-refractivity contribution < 1.29 is 26.7 Å². The molecule has 4 rings (SSSR count). The minimum atomic E-state index is -4.53. The van der Waals surface area contributed by atoms with Crippen LogP contribution in [0.5, 0.6) is 0 Å². The quantitative estimate of drug-likeness (QED) is 0.494. The van der Waals surface area contributed by atoms with Gasteiger partial charge in [-0.05, 0) is 37.8 Å². The summed E-state index contributed by atoms with van der Waals surface area (Å²) in [6.07, 6.45) is -2.41. The number of carbonyl (C=O) groups is 1. The van der Waals surface area contributed by atoms with Gasteiger partial charge in [0.05, 0.1) is 5.56 Å². The maximum absolute atomic E-state index is 13.0. The molecular weight excluding hydrogens is 471 g/mol. The maximum atomic E-state index is 13.0. The summed E-state index contributed by atoms with van der Waals surface area (Å²) in [5.41, 5.74) is -0.735. The number of aromatic nitrogens is 4. The Balaban J connectivity index is 1.35. The van der Waals surface area contributed by atoms with Crippen molar-refractivity contribution in [3.8, 4) is 0 Å². The minimum absolute atomic E-state index is 0.00197. The Bertz CT molecular complexity index is 1140. The van der Waals surface area contributed by atoms with Gasteiger partial charge in [0, 0.05) is 24.5 Å². The zero-order valence-corrected chi connectivity index (χ0v) is 17.9. The highest BCUT2D eigenvalue weighted by molar-refractivity contribution is 6.32. The fourth-order valence-corrected chi connectivity index (χ4v) is 4.14. The van der Waals surface area contributed by atoms with Crippen LogP contribution < -0.4 is 10.6 Å². The molecule has 0 atom stereocenters. The third-order valence-corrected chi connectivity index (χ3v) is 5.76. The number of hydrogen-bond acceptors (Lipinski definition) is 4. The Morgan fingerprint density at radius 1 is 1.15 bits per heavy atom. The Morgan fingerprint density at radius 2 is 1.85 bits per heavy atom. The van der Waals surface area contributed by atoms with Crippen molar-refractivity contribution in [2.75, 3.05) is 5.32 Å². The van der Waals surface area contributed by atoms with Crippen LogP contribution in [0.2, 0.25) is 5.15 Å². The molecule has 3 heterocycles. The molecule has 0 aliphatic heterocycles. The molecule has 1 aliphatic rings. The first-order chi connectivity index (χ1) is 15.6. The molecule has 178 valence electrons. The van der Waals surface area contributed by atoms with E-state index < -0.39 is 30.7 Å². The highest BCUT2D eigenvalue weighted by atomic mass is 35.5. The van der Waals surface area contributed by atoms with Crippen LogP contribution in [0.25, 0.3) is 5.65 Å². The van der Waals surface area contributed by atoms with E-state index >= 15 is 0 Å². The van der Waals surface area contributed by atoms with E-state index in [2.05, 4.69) is 20.7 Å². The van der Waals surface area contributed by atoms with E-state index in [1.165, 1.54) is 16.7 Å². The Hall–Kier alpha value is -2.89. The molecule has 0 aromatic carbocycles. The number of anilines is 1. The predicted molar refractivity (Wildman–Crippen MR) is 111 cm³/mol. The van der Waals surface area contributed by atoms with Crippen LogP contribution in [-0.2, 0) is 12.7 Å². The van der Waals surface area contributed by atoms with Gasteiger partial charge < -0.3 is 10.6 Å². The third kappa shape index (κ3) is 5.37. The van der Waals surface area contributed by atoms with Crippen molar-refractivity contribution in [1.29, 1.82) is 0 Å². The summed E-state index contributed by atoms with van der Waals surface area (Å²) >= 11 is 5.91. The highest BCUT2D eigenvalue weighted by Crippen LogP contribution is 2.30. The lowest BCUT2D eigenvalue weighted by atomic mass is 9.91. The van der Waals surface area contributed by atoms with Gasteiger partial charge in [0.2, 0.25) is 0 Å². The molecular formula is C20H20ClF5N6O. The predicted octanol–water partition coefficient (Wildman–Crippen LogP) is 4.62. The van der Waals surface area contributed by atoms with Crippen LogP contribution in [0.15, 0.2) is 30.6 Å². The lowest BCUT2D eigenvalue weighted by molar-refractivity contribution is -0.140. The number of rotatable bonds is 6. The number of pyridine rings is 1. The topological polar surface area (TPSA) is 76.2 Å². The van der Waals surface area contributed by atoms with Crippen molar-refractivity contribution >= 4 is 29.0 Å². The molecule has 1 amide bonds. The van der Waals surface area contributed by atoms with E-state index in [-0.39, 0.29) is 28.4 Å². The van der Waals surface area contributed by atoms with Crippen LogP contribution in [-0.4, -0.2) is 43.6 Å². The van der Waals surface area contributed by atoms with Gasteiger partial charge in [-0.3, -0.25) is 13.9 Å². The molecule has 0 saturated heterocycles. The Kier molecular flexibility index (Phi) is 6.46. The minimum Gasteiger partial charge on any atom is -0.368 e. The largest absolute Gasteiger partial charge is 0.434 e. The fraction of sp³-hybridized carbons (Fsp3) is 0.450. The zero-order chi connectivity index (χ0) is 23.8. The van der Waals surface area contributed by atoms with Crippen molar-refractivity contribution in [2.24, 2.45) is 0 Å². The first-order valence-electron chi connectivity index (χ1n) is 10.2. The molecule has 33 heavy (non-hydrogen) atoms. The molecule has 0 bridgehead atoms. The van der Waals surface area contributed by atoms with E-state index in [4.69, 9.17) is 11.6 Å². The SMILES string of the molecule is O=C(NC1CCC(Nc2cccc3nc(C(F)(F)F)cn23)CC1)c1cn(CC(F)F)nc1Cl. The molecule has 1 fully saturated rings. The number of fused-ring (bicyclic) bond motifs is 1. The number of amides is 1. The average Bonchev–Trinajstić information content (AvgIpc) is 3.33. The van der Waals surface area contributed by atoms with E-state index in [9.17, 15) is 26.7 Å². The summed E-state index contributed by atoms with van der Waals surface area (Å²) in [7, 11) is 0. The van der Waals surface area contributed by atoms with Crippen LogP contribution in [0.3, 0.4) is 0 Å². The van der Waals surface area contributed by atoms with Crippen molar-refractivity contribution in [3.63, 3.8) is 0 Å². The van der Waals surface area contributed by atoms with Gasteiger partial charge >= 0.3 is 6.18 Å². The maximum Gasteiger partial charge on any atom is 0.434 e. The molecule has 1 saturated carbocycles. The summed E-state index contributed by atoms with van der Waals surface area (Å²) in [4.78, 5) is 16.1. The van der Waals surface area contributed by atoms with Crippen molar-refractivity contribution in [2.45, 2.75) is 56.9 Å². The van der Waals surface area contributed by atoms with Crippen molar-refractivity contribution in [1.82, 2.24) is 24.5 Å². The van der Waals surface area contributed by atoms with Gasteiger partial charge in [-0.25, -0.2) is 13.8 Å². The van der Waals surface area contributed by atoms with E-state index in [1.807, 2.05) is 0 Å². The lowest BCUT2D eigenvalue weighted by Crippen LogP contribution is -2.40. The first-order valence-corrected chi connectivity index (χ1v) is 10.6. The summed E-state index contributed by atoms with van der Waals surface area (Å²) in [5, 5.41) is 9.68. The first kappa shape index (κ1) is 23.3. The highest BCUT2D eigenvalue weighted by Gasteiger charge is 2.34. The van der Waals surface area contributed by atoms with Gasteiger partial charge in [0.25, 0.3) is 12.3 Å². The molecule has 13 heteroatoms. The van der Waals surface area contributed by atoms with Gasteiger partial charge in [0.1, 0.15) is 18.0 Å². The molecule has 1 aliphatic carbocycles. The molecule has 0 unspecified atom stereocenters. The second-order valence-electron chi connectivity index (χ2n) is 7.88. The number of imidazole rings is 1. The fourth-order valence-electron chi connectivity index (χ4n) is 3.90. The number of hydrogen-bond donors (Lipinski definition) is 2. The van der Waals surface area contributed by atoms with Crippen LogP contribution in [0.1, 0.15) is 41.7 Å². The second kappa shape index (κ2) is 9.16. The standard InChI is InChI=1S/C20H20ClF5N6O/c21-18-13(8-31(30-18)10-15(22)23)19(33)28-12-6-4-11(5-7-12)27-16-2-1-3-17-29-14(9-32(16)17)20(24,25)26/h1-3,8-9,11-12,15,27H,4-7,10H2,(H,28,33). The molecule has 7 nitrogen and oxygen atoms in total. The Morgan fingerprint density at radius 3 is 2.52 bits per heavy atom. The van der Waals surface area contributed by atoms with E-state index in [0.717, 1.165) is 10.9 Å². The number of nitrogens with zero attached hydrogens (tertiary/aromatic N) is 4. The van der Waals surface area contributed by atoms with Crippen LogP contribution in [0, 0.1) is 0 Å². The molecule has 0 radical (unpaired) electrons. The number of alkyl halides is 5. The van der Waals surface area contributed by atoms with Gasteiger partial charge in [-0.15, -0.1) is 0 Å². The zero-order valence-electron chi connectivity index (χ0n) is 17.1. The monoisotopic (exact) mass is 490 g/mol.